The van der Waals surface area contributed by atoms with Crippen LogP contribution in [0.25, 0.3) is 0 Å². The van der Waals surface area contributed by atoms with Crippen LogP contribution in [0, 0.1) is 10.1 Å². The van der Waals surface area contributed by atoms with Crippen LogP contribution >= 0.6 is 11.6 Å². The Kier molecular flexibility index (Phi) is 6.70. The van der Waals surface area contributed by atoms with E-state index in [4.69, 9.17) is 11.6 Å². The number of nitrogens with one attached hydrogen (secondary N) is 3. The molecule has 1 saturated heterocycles. The second-order valence-corrected chi connectivity index (χ2v) is 7.70. The fourth-order valence-electron chi connectivity index (χ4n) is 3.60. The summed E-state index contributed by atoms with van der Waals surface area (Å²) in [6, 6.07) is 6.31. The first-order valence-corrected chi connectivity index (χ1v) is 9.78. The second kappa shape index (κ2) is 9.13. The number of nitro groups is 1. The summed E-state index contributed by atoms with van der Waals surface area (Å²) in [6.07, 6.45) is -4.85. The van der Waals surface area contributed by atoms with Crippen LogP contribution < -0.4 is 16.0 Å². The van der Waals surface area contributed by atoms with Crippen LogP contribution in [0.2, 0.25) is 5.02 Å². The summed E-state index contributed by atoms with van der Waals surface area (Å²) in [7, 11) is 0. The van der Waals surface area contributed by atoms with E-state index in [1.165, 1.54) is 25.1 Å². The van der Waals surface area contributed by atoms with Crippen LogP contribution in [0.5, 0.6) is 0 Å². The van der Waals surface area contributed by atoms with E-state index in [1.807, 2.05) is 0 Å². The van der Waals surface area contributed by atoms with Gasteiger partial charge in [-0.05, 0) is 42.3 Å². The Labute approximate surface area is 185 Å². The number of hydrogen-bond acceptors (Lipinski definition) is 5. The van der Waals surface area contributed by atoms with E-state index in [9.17, 15) is 32.9 Å². The summed E-state index contributed by atoms with van der Waals surface area (Å²) in [5, 5.41) is 18.1. The Morgan fingerprint density at radius 2 is 1.72 bits per heavy atom. The second-order valence-electron chi connectivity index (χ2n) is 7.30. The zero-order valence-electron chi connectivity index (χ0n) is 16.6. The highest BCUT2D eigenvalue weighted by molar-refractivity contribution is 6.32. The number of alkyl halides is 3. The number of rotatable bonds is 5. The minimum absolute atomic E-state index is 0.144. The first-order chi connectivity index (χ1) is 15.0. The third kappa shape index (κ3) is 5.35. The van der Waals surface area contributed by atoms with Gasteiger partial charge in [-0.3, -0.25) is 25.0 Å². The number of nitro benzene ring substituents is 1. The molecule has 0 radical (unpaired) electrons. The molecule has 1 fully saturated rings. The molecule has 0 spiro atoms. The summed E-state index contributed by atoms with van der Waals surface area (Å²) < 4.78 is 40.9. The van der Waals surface area contributed by atoms with Crippen molar-refractivity contribution in [3.63, 3.8) is 0 Å². The minimum Gasteiger partial charge on any atom is -0.326 e. The molecule has 12 heteroatoms. The Bertz CT molecular complexity index is 1050. The van der Waals surface area contributed by atoms with Gasteiger partial charge in [-0.15, -0.1) is 0 Å². The van der Waals surface area contributed by atoms with Gasteiger partial charge in [0.15, 0.2) is 0 Å². The molecule has 0 aromatic heterocycles. The standard InChI is InChI=1S/C20H18ClF3N4O4/c1-10(29)25-12-3-5-13(6-4-12)26-19(30)16-9-14(18(27-16)20(22,23)24)11-2-7-17(28(31)32)15(21)8-11/h2-8,14,16,18,27H,9H2,1H3,(H,25,29)(H,26,30). The molecule has 2 amide bonds. The summed E-state index contributed by atoms with van der Waals surface area (Å²) >= 11 is 5.87. The van der Waals surface area contributed by atoms with E-state index < -0.39 is 40.7 Å². The molecule has 3 rings (SSSR count). The van der Waals surface area contributed by atoms with E-state index in [1.54, 1.807) is 12.1 Å². The number of halogens is 4. The topological polar surface area (TPSA) is 113 Å². The Morgan fingerprint density at radius 3 is 2.22 bits per heavy atom. The lowest BCUT2D eigenvalue weighted by atomic mass is 9.90. The van der Waals surface area contributed by atoms with Gasteiger partial charge in [0, 0.05) is 30.3 Å². The number of nitrogens with zero attached hydrogens (tertiary/aromatic N) is 1. The lowest BCUT2D eigenvalue weighted by Gasteiger charge is -2.22. The zero-order valence-corrected chi connectivity index (χ0v) is 17.3. The molecule has 0 saturated carbocycles. The molecule has 170 valence electrons. The van der Waals surface area contributed by atoms with Crippen LogP contribution in [0.4, 0.5) is 30.2 Å². The van der Waals surface area contributed by atoms with E-state index in [0.29, 0.717) is 11.4 Å². The average Bonchev–Trinajstić information content (AvgIpc) is 3.15. The molecule has 32 heavy (non-hydrogen) atoms. The summed E-state index contributed by atoms with van der Waals surface area (Å²) in [4.78, 5) is 33.9. The van der Waals surface area contributed by atoms with Gasteiger partial charge < -0.3 is 10.6 Å². The molecule has 3 unspecified atom stereocenters. The van der Waals surface area contributed by atoms with Gasteiger partial charge in [-0.1, -0.05) is 17.7 Å². The van der Waals surface area contributed by atoms with Crippen molar-refractivity contribution < 1.29 is 27.7 Å². The van der Waals surface area contributed by atoms with Crippen molar-refractivity contribution in [2.24, 2.45) is 0 Å². The maximum absolute atomic E-state index is 13.6. The molecular weight excluding hydrogens is 453 g/mol. The Balaban J connectivity index is 1.77. The maximum Gasteiger partial charge on any atom is 0.404 e. The maximum atomic E-state index is 13.6. The molecule has 0 bridgehead atoms. The van der Waals surface area contributed by atoms with E-state index in [-0.39, 0.29) is 22.9 Å². The SMILES string of the molecule is CC(=O)Nc1ccc(NC(=O)C2CC(c3ccc([N+](=O)[O-])c(Cl)c3)C(C(F)(F)F)N2)cc1. The number of benzene rings is 2. The molecule has 1 aliphatic heterocycles. The van der Waals surface area contributed by atoms with Crippen molar-refractivity contribution in [1.82, 2.24) is 5.32 Å². The molecule has 1 aliphatic rings. The van der Waals surface area contributed by atoms with Crippen LogP contribution in [-0.2, 0) is 9.59 Å². The van der Waals surface area contributed by atoms with E-state index in [0.717, 1.165) is 12.1 Å². The molecule has 3 N–H and O–H groups in total. The summed E-state index contributed by atoms with van der Waals surface area (Å²) in [5.41, 5.74) is 0.574. The molecule has 2 aromatic carbocycles. The zero-order chi connectivity index (χ0) is 23.6. The molecule has 3 atom stereocenters. The highest BCUT2D eigenvalue weighted by Crippen LogP contribution is 2.41. The van der Waals surface area contributed by atoms with Crippen molar-refractivity contribution in [3.05, 3.63) is 63.2 Å². The summed E-state index contributed by atoms with van der Waals surface area (Å²) in [5.74, 6) is -2.10. The van der Waals surface area contributed by atoms with Crippen LogP contribution in [-0.4, -0.2) is 35.0 Å². The minimum atomic E-state index is -4.66. The van der Waals surface area contributed by atoms with Gasteiger partial charge in [0.1, 0.15) is 11.1 Å². The van der Waals surface area contributed by atoms with Crippen molar-refractivity contribution in [3.8, 4) is 0 Å². The van der Waals surface area contributed by atoms with Crippen LogP contribution in [0.3, 0.4) is 0 Å². The number of amides is 2. The van der Waals surface area contributed by atoms with Gasteiger partial charge in [0.05, 0.1) is 11.0 Å². The van der Waals surface area contributed by atoms with Gasteiger partial charge in [-0.2, -0.15) is 13.2 Å². The number of carbonyl (C=O) groups excluding carboxylic acids is 2. The van der Waals surface area contributed by atoms with E-state index >= 15 is 0 Å². The third-order valence-electron chi connectivity index (χ3n) is 5.01. The molecule has 1 heterocycles. The van der Waals surface area contributed by atoms with Gasteiger partial charge in [-0.25, -0.2) is 0 Å². The molecule has 8 nitrogen and oxygen atoms in total. The lowest BCUT2D eigenvalue weighted by Crippen LogP contribution is -2.46. The third-order valence-corrected chi connectivity index (χ3v) is 5.31. The van der Waals surface area contributed by atoms with Crippen LogP contribution in [0.1, 0.15) is 24.8 Å². The quantitative estimate of drug-likeness (QED) is 0.447. The van der Waals surface area contributed by atoms with Crippen molar-refractivity contribution in [1.29, 1.82) is 0 Å². The van der Waals surface area contributed by atoms with Gasteiger partial charge in [0.2, 0.25) is 11.8 Å². The largest absolute Gasteiger partial charge is 0.404 e. The van der Waals surface area contributed by atoms with E-state index in [2.05, 4.69) is 16.0 Å². The monoisotopic (exact) mass is 470 g/mol. The number of carbonyl (C=O) groups is 2. The fourth-order valence-corrected chi connectivity index (χ4v) is 3.85. The lowest BCUT2D eigenvalue weighted by molar-refractivity contribution is -0.384. The number of anilines is 2. The van der Waals surface area contributed by atoms with Crippen molar-refractivity contribution in [2.75, 3.05) is 10.6 Å². The number of hydrogen-bond donors (Lipinski definition) is 3. The highest BCUT2D eigenvalue weighted by atomic mass is 35.5. The molecular formula is C20H18ClF3N4O4. The first kappa shape index (κ1) is 23.5. The molecule has 0 aliphatic carbocycles. The van der Waals surface area contributed by atoms with Crippen LogP contribution in [0.15, 0.2) is 42.5 Å². The van der Waals surface area contributed by atoms with Gasteiger partial charge >= 0.3 is 6.18 Å². The predicted octanol–water partition coefficient (Wildman–Crippen LogP) is 4.22. The van der Waals surface area contributed by atoms with Crippen molar-refractivity contribution in [2.45, 2.75) is 37.5 Å². The normalized spacial score (nSPS) is 20.6. The predicted molar refractivity (Wildman–Crippen MR) is 112 cm³/mol. The Hall–Kier alpha value is -3.18. The highest BCUT2D eigenvalue weighted by Gasteiger charge is 2.52. The van der Waals surface area contributed by atoms with Gasteiger partial charge in [0.25, 0.3) is 5.69 Å². The fraction of sp³-hybridized carbons (Fsp3) is 0.300. The Morgan fingerprint density at radius 1 is 1.12 bits per heavy atom. The average molecular weight is 471 g/mol. The first-order valence-electron chi connectivity index (χ1n) is 9.41. The van der Waals surface area contributed by atoms with Crippen molar-refractivity contribution >= 4 is 40.5 Å². The summed E-state index contributed by atoms with van der Waals surface area (Å²) in [6.45, 7) is 1.34. The molecule has 2 aromatic rings. The smallest absolute Gasteiger partial charge is 0.326 e.